The molecule has 0 aromatic heterocycles. The van der Waals surface area contributed by atoms with E-state index in [4.69, 9.17) is 11.0 Å². The molecule has 0 fully saturated rings. The normalized spacial score (nSPS) is 11.5. The maximum absolute atomic E-state index is 13.5. The lowest BCUT2D eigenvalue weighted by Crippen LogP contribution is -2.10. The van der Waals surface area contributed by atoms with Crippen molar-refractivity contribution in [2.45, 2.75) is 13.0 Å². The number of hydrogen-bond donors (Lipinski definition) is 1. The van der Waals surface area contributed by atoms with Crippen molar-refractivity contribution in [1.82, 2.24) is 0 Å². The monoisotopic (exact) mass is 296 g/mol. The number of halogens is 4. The van der Waals surface area contributed by atoms with E-state index >= 15 is 0 Å². The maximum Gasteiger partial charge on any atom is 0.149 e. The largest absolute Gasteiger partial charge is 0.324 e. The third-order valence-electron chi connectivity index (χ3n) is 1.77. The van der Waals surface area contributed by atoms with Crippen molar-refractivity contribution in [3.8, 4) is 6.07 Å². The SMILES string of the molecule is C[C@@H](N)c1c(Br)cc(F)c(C#N)c1F.Cl. The number of rotatable bonds is 1. The molecule has 0 bridgehead atoms. The molecule has 1 aromatic rings. The topological polar surface area (TPSA) is 49.8 Å². The Morgan fingerprint density at radius 2 is 2.07 bits per heavy atom. The van der Waals surface area contributed by atoms with Gasteiger partial charge < -0.3 is 5.73 Å². The van der Waals surface area contributed by atoms with Gasteiger partial charge in [-0.15, -0.1) is 12.4 Å². The molecule has 0 aliphatic rings. The first-order valence-corrected chi connectivity index (χ1v) is 4.61. The quantitative estimate of drug-likeness (QED) is 0.866. The molecule has 0 heterocycles. The number of benzene rings is 1. The van der Waals surface area contributed by atoms with Gasteiger partial charge in [-0.25, -0.2) is 8.78 Å². The summed E-state index contributed by atoms with van der Waals surface area (Å²) in [6.07, 6.45) is 0. The minimum Gasteiger partial charge on any atom is -0.324 e. The van der Waals surface area contributed by atoms with Crippen LogP contribution >= 0.6 is 28.3 Å². The van der Waals surface area contributed by atoms with Gasteiger partial charge in [0.05, 0.1) is 0 Å². The number of nitriles is 1. The first-order valence-electron chi connectivity index (χ1n) is 3.82. The number of nitrogens with two attached hydrogens (primary N) is 1. The van der Waals surface area contributed by atoms with E-state index in [0.29, 0.717) is 0 Å². The Morgan fingerprint density at radius 1 is 1.53 bits per heavy atom. The molecule has 0 saturated heterocycles. The van der Waals surface area contributed by atoms with E-state index in [9.17, 15) is 8.78 Å². The van der Waals surface area contributed by atoms with Crippen LogP contribution in [0.15, 0.2) is 10.5 Å². The summed E-state index contributed by atoms with van der Waals surface area (Å²) in [4.78, 5) is 0. The zero-order valence-corrected chi connectivity index (χ0v) is 10.1. The van der Waals surface area contributed by atoms with Gasteiger partial charge in [-0.3, -0.25) is 0 Å². The van der Waals surface area contributed by atoms with E-state index in [-0.39, 0.29) is 22.4 Å². The Morgan fingerprint density at radius 3 is 2.47 bits per heavy atom. The molecular formula is C9H8BrClF2N2. The van der Waals surface area contributed by atoms with E-state index in [1.54, 1.807) is 6.92 Å². The molecule has 82 valence electrons. The first-order chi connectivity index (χ1) is 6.49. The molecule has 0 amide bonds. The summed E-state index contributed by atoms with van der Waals surface area (Å²) in [6.45, 7) is 1.56. The third-order valence-corrected chi connectivity index (χ3v) is 2.43. The molecule has 2 nitrogen and oxygen atoms in total. The van der Waals surface area contributed by atoms with Crippen molar-refractivity contribution in [2.75, 3.05) is 0 Å². The summed E-state index contributed by atoms with van der Waals surface area (Å²) >= 11 is 2.99. The van der Waals surface area contributed by atoms with Crippen LogP contribution in [0.1, 0.15) is 24.1 Å². The van der Waals surface area contributed by atoms with Crippen molar-refractivity contribution in [3.05, 3.63) is 33.3 Å². The van der Waals surface area contributed by atoms with Gasteiger partial charge in [-0.1, -0.05) is 15.9 Å². The van der Waals surface area contributed by atoms with Crippen molar-refractivity contribution in [1.29, 1.82) is 5.26 Å². The van der Waals surface area contributed by atoms with E-state index in [1.807, 2.05) is 0 Å². The van der Waals surface area contributed by atoms with Gasteiger partial charge in [0, 0.05) is 16.1 Å². The second kappa shape index (κ2) is 5.40. The fourth-order valence-electron chi connectivity index (χ4n) is 1.13. The Kier molecular flexibility index (Phi) is 5.15. The van der Waals surface area contributed by atoms with Gasteiger partial charge in [-0.2, -0.15) is 5.26 Å². The molecular weight excluding hydrogens is 289 g/mol. The lowest BCUT2D eigenvalue weighted by Gasteiger charge is -2.11. The van der Waals surface area contributed by atoms with Crippen LogP contribution in [0.2, 0.25) is 0 Å². The van der Waals surface area contributed by atoms with Crippen molar-refractivity contribution >= 4 is 28.3 Å². The average Bonchev–Trinajstić information content (AvgIpc) is 2.02. The number of nitrogens with zero attached hydrogens (tertiary/aromatic N) is 1. The van der Waals surface area contributed by atoms with Crippen LogP contribution in [0.25, 0.3) is 0 Å². The van der Waals surface area contributed by atoms with E-state index in [2.05, 4.69) is 15.9 Å². The van der Waals surface area contributed by atoms with Gasteiger partial charge in [0.2, 0.25) is 0 Å². The smallest absolute Gasteiger partial charge is 0.149 e. The minimum atomic E-state index is -0.894. The summed E-state index contributed by atoms with van der Waals surface area (Å²) < 4.78 is 26.7. The van der Waals surface area contributed by atoms with Crippen LogP contribution in [-0.4, -0.2) is 0 Å². The Balaban J connectivity index is 0.00000196. The van der Waals surface area contributed by atoms with Crippen LogP contribution in [0.4, 0.5) is 8.78 Å². The highest BCUT2D eigenvalue weighted by Gasteiger charge is 2.19. The zero-order chi connectivity index (χ0) is 10.9. The summed E-state index contributed by atoms with van der Waals surface area (Å²) in [6, 6.07) is 1.90. The highest BCUT2D eigenvalue weighted by molar-refractivity contribution is 9.10. The highest BCUT2D eigenvalue weighted by atomic mass is 79.9. The van der Waals surface area contributed by atoms with E-state index in [1.165, 1.54) is 6.07 Å². The molecule has 0 radical (unpaired) electrons. The summed E-state index contributed by atoms with van der Waals surface area (Å²) in [5.74, 6) is -1.78. The van der Waals surface area contributed by atoms with Gasteiger partial charge in [-0.05, 0) is 13.0 Å². The van der Waals surface area contributed by atoms with Gasteiger partial charge >= 0.3 is 0 Å². The standard InChI is InChI=1S/C9H7BrF2N2.ClH/c1-4(14)8-6(10)2-7(11)5(3-13)9(8)12;/h2,4H,14H2,1H3;1H/t4-;/m1./s1. The molecule has 1 atom stereocenters. The van der Waals surface area contributed by atoms with Crippen LogP contribution < -0.4 is 5.73 Å². The molecule has 2 N–H and O–H groups in total. The Hall–Kier alpha value is -0.700. The highest BCUT2D eigenvalue weighted by Crippen LogP contribution is 2.28. The molecule has 1 aromatic carbocycles. The summed E-state index contributed by atoms with van der Waals surface area (Å²) in [5.41, 5.74) is 5.00. The fraction of sp³-hybridized carbons (Fsp3) is 0.222. The summed E-state index contributed by atoms with van der Waals surface area (Å²) in [7, 11) is 0. The summed E-state index contributed by atoms with van der Waals surface area (Å²) in [5, 5.41) is 8.51. The number of hydrogen-bond acceptors (Lipinski definition) is 2. The van der Waals surface area contributed by atoms with Crippen LogP contribution in [0, 0.1) is 23.0 Å². The van der Waals surface area contributed by atoms with Crippen molar-refractivity contribution < 1.29 is 8.78 Å². The van der Waals surface area contributed by atoms with Crippen LogP contribution in [0.3, 0.4) is 0 Å². The Labute approximate surface area is 101 Å². The molecule has 0 aliphatic heterocycles. The van der Waals surface area contributed by atoms with Crippen molar-refractivity contribution in [3.63, 3.8) is 0 Å². The maximum atomic E-state index is 13.5. The Bertz CT molecular complexity index is 416. The predicted octanol–water partition coefficient (Wildman–Crippen LogP) is 3.04. The molecule has 1 rings (SSSR count). The molecule has 0 aliphatic carbocycles. The second-order valence-corrected chi connectivity index (χ2v) is 3.70. The molecule has 0 saturated carbocycles. The van der Waals surface area contributed by atoms with E-state index in [0.717, 1.165) is 6.07 Å². The molecule has 6 heteroatoms. The molecule has 0 unspecified atom stereocenters. The molecule has 0 spiro atoms. The minimum absolute atomic E-state index is 0. The second-order valence-electron chi connectivity index (χ2n) is 2.84. The van der Waals surface area contributed by atoms with Crippen LogP contribution in [0.5, 0.6) is 0 Å². The third kappa shape index (κ3) is 2.65. The first kappa shape index (κ1) is 14.3. The zero-order valence-electron chi connectivity index (χ0n) is 7.72. The van der Waals surface area contributed by atoms with Crippen molar-refractivity contribution in [2.24, 2.45) is 5.73 Å². The van der Waals surface area contributed by atoms with Gasteiger partial charge in [0.1, 0.15) is 23.3 Å². The lowest BCUT2D eigenvalue weighted by atomic mass is 10.0. The van der Waals surface area contributed by atoms with Gasteiger partial charge in [0.15, 0.2) is 0 Å². The fourth-order valence-corrected chi connectivity index (χ4v) is 1.86. The lowest BCUT2D eigenvalue weighted by molar-refractivity contribution is 0.554. The molecule has 15 heavy (non-hydrogen) atoms. The average molecular weight is 298 g/mol. The predicted molar refractivity (Wildman–Crippen MR) is 58.6 cm³/mol. The van der Waals surface area contributed by atoms with Crippen LogP contribution in [-0.2, 0) is 0 Å². The van der Waals surface area contributed by atoms with E-state index < -0.39 is 23.2 Å². The van der Waals surface area contributed by atoms with Gasteiger partial charge in [0.25, 0.3) is 0 Å².